The number of nitrogens with zero attached hydrogens (tertiary/aromatic N) is 1. The second-order valence-corrected chi connectivity index (χ2v) is 4.81. The van der Waals surface area contributed by atoms with Crippen molar-refractivity contribution in [3.63, 3.8) is 0 Å². The second kappa shape index (κ2) is 7.22. The molecule has 0 aliphatic carbocycles. The number of fused-ring (bicyclic) bond motifs is 1. The zero-order chi connectivity index (χ0) is 13.5. The van der Waals surface area contributed by atoms with Gasteiger partial charge in [0.05, 0.1) is 12.1 Å². The summed E-state index contributed by atoms with van der Waals surface area (Å²) in [4.78, 5) is 4.71. The van der Waals surface area contributed by atoms with Gasteiger partial charge in [0.15, 0.2) is 0 Å². The van der Waals surface area contributed by atoms with Crippen LogP contribution in [0.15, 0.2) is 36.4 Å². The van der Waals surface area contributed by atoms with E-state index in [9.17, 15) is 0 Å². The van der Waals surface area contributed by atoms with Crippen molar-refractivity contribution >= 4 is 10.9 Å². The molecule has 1 N–H and O–H groups in total. The van der Waals surface area contributed by atoms with Crippen LogP contribution in [0.1, 0.15) is 19.0 Å². The lowest BCUT2D eigenvalue weighted by atomic mass is 10.1. The molecule has 1 heterocycles. The third-order valence-electron chi connectivity index (χ3n) is 3.16. The molecular formula is C16H22N2O. The molecule has 0 spiro atoms. The van der Waals surface area contributed by atoms with E-state index in [1.807, 2.05) is 12.1 Å². The molecule has 1 aromatic carbocycles. The SMILES string of the molecule is CCCNC(COC)Cc1ccc2ccccc2n1. The van der Waals surface area contributed by atoms with E-state index in [1.54, 1.807) is 7.11 Å². The summed E-state index contributed by atoms with van der Waals surface area (Å²) in [6.07, 6.45) is 2.03. The predicted octanol–water partition coefficient (Wildman–Crippen LogP) is 2.79. The molecule has 102 valence electrons. The Morgan fingerprint density at radius 3 is 2.84 bits per heavy atom. The summed E-state index contributed by atoms with van der Waals surface area (Å²) >= 11 is 0. The highest BCUT2D eigenvalue weighted by Gasteiger charge is 2.09. The molecule has 0 fully saturated rings. The summed E-state index contributed by atoms with van der Waals surface area (Å²) in [6.45, 7) is 3.90. The molecule has 0 radical (unpaired) electrons. The van der Waals surface area contributed by atoms with Gasteiger partial charge in [-0.15, -0.1) is 0 Å². The minimum atomic E-state index is 0.332. The number of para-hydroxylation sites is 1. The Bertz CT molecular complexity index is 513. The summed E-state index contributed by atoms with van der Waals surface area (Å²) in [5.74, 6) is 0. The average molecular weight is 258 g/mol. The van der Waals surface area contributed by atoms with Gasteiger partial charge in [-0.05, 0) is 25.1 Å². The highest BCUT2D eigenvalue weighted by Crippen LogP contribution is 2.12. The van der Waals surface area contributed by atoms with Gasteiger partial charge in [0.1, 0.15) is 0 Å². The summed E-state index contributed by atoms with van der Waals surface area (Å²) in [6, 6.07) is 12.8. The third-order valence-corrected chi connectivity index (χ3v) is 3.16. The molecule has 0 aliphatic heterocycles. The van der Waals surface area contributed by atoms with Crippen molar-refractivity contribution in [1.82, 2.24) is 10.3 Å². The molecule has 19 heavy (non-hydrogen) atoms. The van der Waals surface area contributed by atoms with Gasteiger partial charge in [0.2, 0.25) is 0 Å². The van der Waals surface area contributed by atoms with Crippen LogP contribution in [0.3, 0.4) is 0 Å². The minimum absolute atomic E-state index is 0.332. The van der Waals surface area contributed by atoms with Crippen LogP contribution in [-0.2, 0) is 11.2 Å². The molecule has 3 nitrogen and oxygen atoms in total. The normalized spacial score (nSPS) is 12.7. The third kappa shape index (κ3) is 4.01. The topological polar surface area (TPSA) is 34.1 Å². The Balaban J connectivity index is 2.09. The molecule has 0 bridgehead atoms. The van der Waals surface area contributed by atoms with Crippen LogP contribution in [0.25, 0.3) is 10.9 Å². The first-order chi connectivity index (χ1) is 9.33. The molecule has 2 rings (SSSR count). The number of hydrogen-bond donors (Lipinski definition) is 1. The number of ether oxygens (including phenoxy) is 1. The monoisotopic (exact) mass is 258 g/mol. The van der Waals surface area contributed by atoms with Gasteiger partial charge in [0, 0.05) is 30.7 Å². The molecule has 0 amide bonds. The zero-order valence-electron chi connectivity index (χ0n) is 11.7. The maximum atomic E-state index is 5.27. The number of benzene rings is 1. The first-order valence-corrected chi connectivity index (χ1v) is 6.90. The van der Waals surface area contributed by atoms with E-state index < -0.39 is 0 Å². The molecular weight excluding hydrogens is 236 g/mol. The zero-order valence-corrected chi connectivity index (χ0v) is 11.7. The summed E-state index contributed by atoms with van der Waals surface area (Å²) in [5.41, 5.74) is 2.18. The molecule has 0 saturated carbocycles. The average Bonchev–Trinajstić information content (AvgIpc) is 2.45. The number of methoxy groups -OCH3 is 1. The fourth-order valence-corrected chi connectivity index (χ4v) is 2.21. The maximum absolute atomic E-state index is 5.27. The Morgan fingerprint density at radius 1 is 1.21 bits per heavy atom. The van der Waals surface area contributed by atoms with Crippen molar-refractivity contribution in [2.45, 2.75) is 25.8 Å². The Kier molecular flexibility index (Phi) is 5.31. The quantitative estimate of drug-likeness (QED) is 0.829. The van der Waals surface area contributed by atoms with Gasteiger partial charge < -0.3 is 10.1 Å². The summed E-state index contributed by atoms with van der Waals surface area (Å²) in [5, 5.41) is 4.69. The van der Waals surface area contributed by atoms with E-state index in [4.69, 9.17) is 9.72 Å². The Labute approximate surface area is 115 Å². The van der Waals surface area contributed by atoms with Crippen molar-refractivity contribution in [3.05, 3.63) is 42.1 Å². The van der Waals surface area contributed by atoms with Gasteiger partial charge in [-0.1, -0.05) is 31.2 Å². The van der Waals surface area contributed by atoms with Crippen LogP contribution in [0, 0.1) is 0 Å². The van der Waals surface area contributed by atoms with Crippen LogP contribution in [0.5, 0.6) is 0 Å². The van der Waals surface area contributed by atoms with E-state index in [1.165, 1.54) is 5.39 Å². The maximum Gasteiger partial charge on any atom is 0.0705 e. The van der Waals surface area contributed by atoms with Gasteiger partial charge in [-0.25, -0.2) is 0 Å². The van der Waals surface area contributed by atoms with Crippen LogP contribution in [-0.4, -0.2) is 31.3 Å². The highest BCUT2D eigenvalue weighted by atomic mass is 16.5. The van der Waals surface area contributed by atoms with Crippen LogP contribution < -0.4 is 5.32 Å². The Morgan fingerprint density at radius 2 is 2.05 bits per heavy atom. The molecule has 0 aliphatic rings. The van der Waals surface area contributed by atoms with Crippen molar-refractivity contribution in [1.29, 1.82) is 0 Å². The number of rotatable bonds is 7. The fourth-order valence-electron chi connectivity index (χ4n) is 2.21. The van der Waals surface area contributed by atoms with E-state index in [-0.39, 0.29) is 0 Å². The standard InChI is InChI=1S/C16H22N2O/c1-3-10-17-15(12-19-2)11-14-9-8-13-6-4-5-7-16(13)18-14/h4-9,15,17H,3,10-12H2,1-2H3. The first kappa shape index (κ1) is 14.0. The lowest BCUT2D eigenvalue weighted by molar-refractivity contribution is 0.166. The van der Waals surface area contributed by atoms with Gasteiger partial charge in [0.25, 0.3) is 0 Å². The van der Waals surface area contributed by atoms with Crippen molar-refractivity contribution in [2.75, 3.05) is 20.3 Å². The Hall–Kier alpha value is -1.45. The van der Waals surface area contributed by atoms with Gasteiger partial charge in [-0.3, -0.25) is 4.98 Å². The van der Waals surface area contributed by atoms with E-state index in [2.05, 4.69) is 36.5 Å². The van der Waals surface area contributed by atoms with E-state index >= 15 is 0 Å². The molecule has 2 aromatic rings. The molecule has 0 saturated heterocycles. The van der Waals surface area contributed by atoms with Crippen molar-refractivity contribution < 1.29 is 4.74 Å². The molecule has 1 unspecified atom stereocenters. The lowest BCUT2D eigenvalue weighted by Crippen LogP contribution is -2.35. The second-order valence-electron chi connectivity index (χ2n) is 4.81. The van der Waals surface area contributed by atoms with Gasteiger partial charge in [-0.2, -0.15) is 0 Å². The van der Waals surface area contributed by atoms with Crippen LogP contribution >= 0.6 is 0 Å². The predicted molar refractivity (Wildman–Crippen MR) is 79.4 cm³/mol. The van der Waals surface area contributed by atoms with E-state index in [0.717, 1.165) is 30.6 Å². The molecule has 1 aromatic heterocycles. The van der Waals surface area contributed by atoms with E-state index in [0.29, 0.717) is 12.6 Å². The van der Waals surface area contributed by atoms with Gasteiger partial charge >= 0.3 is 0 Å². The highest BCUT2D eigenvalue weighted by molar-refractivity contribution is 5.78. The minimum Gasteiger partial charge on any atom is -0.383 e. The largest absolute Gasteiger partial charge is 0.383 e. The van der Waals surface area contributed by atoms with Crippen LogP contribution in [0.2, 0.25) is 0 Å². The number of aromatic nitrogens is 1. The molecule has 1 atom stereocenters. The van der Waals surface area contributed by atoms with Crippen LogP contribution in [0.4, 0.5) is 0 Å². The van der Waals surface area contributed by atoms with Crippen molar-refractivity contribution in [2.24, 2.45) is 0 Å². The van der Waals surface area contributed by atoms with Crippen molar-refractivity contribution in [3.8, 4) is 0 Å². The summed E-state index contributed by atoms with van der Waals surface area (Å²) in [7, 11) is 1.74. The smallest absolute Gasteiger partial charge is 0.0705 e. The number of nitrogens with one attached hydrogen (secondary N) is 1. The molecule has 3 heteroatoms. The first-order valence-electron chi connectivity index (χ1n) is 6.90. The number of hydrogen-bond acceptors (Lipinski definition) is 3. The summed E-state index contributed by atoms with van der Waals surface area (Å²) < 4.78 is 5.27. The number of pyridine rings is 1. The fraction of sp³-hybridized carbons (Fsp3) is 0.438. The lowest BCUT2D eigenvalue weighted by Gasteiger charge is -2.17.